The first-order valence-electron chi connectivity index (χ1n) is 9.17. The van der Waals surface area contributed by atoms with E-state index in [0.29, 0.717) is 27.8 Å². The molecule has 6 nitrogen and oxygen atoms in total. The molecule has 0 atom stereocenters. The molecule has 2 N–H and O–H groups in total. The molecule has 0 aliphatic carbocycles. The Morgan fingerprint density at radius 1 is 1.07 bits per heavy atom. The lowest BCUT2D eigenvalue weighted by molar-refractivity contribution is 0.0697. The molecule has 4 aromatic rings. The fraction of sp³-hybridized carbons (Fsp3) is 0.0870. The summed E-state index contributed by atoms with van der Waals surface area (Å²) < 4.78 is 5.74. The highest BCUT2D eigenvalue weighted by Gasteiger charge is 2.19. The average Bonchev–Trinajstić information content (AvgIpc) is 2.77. The molecule has 0 aliphatic heterocycles. The standard InChI is InChI=1S/C23H18ClN3O3/c1-25-23-26-12-19-17(14-6-4-8-16(24)10-14)11-18(21(30-2)20(19)27-23)13-5-3-7-15(9-13)22(28)29/h3-12H,1-2H3,(H,28,29)(H,25,26,27). The van der Waals surface area contributed by atoms with Crippen LogP contribution < -0.4 is 10.1 Å². The highest BCUT2D eigenvalue weighted by atomic mass is 35.5. The van der Waals surface area contributed by atoms with Crippen LogP contribution in [0.15, 0.2) is 60.8 Å². The summed E-state index contributed by atoms with van der Waals surface area (Å²) in [5.74, 6) is -0.00189. The summed E-state index contributed by atoms with van der Waals surface area (Å²) in [7, 11) is 3.31. The second-order valence-electron chi connectivity index (χ2n) is 6.61. The lowest BCUT2D eigenvalue weighted by Crippen LogP contribution is -2.00. The molecule has 150 valence electrons. The third-order valence-electron chi connectivity index (χ3n) is 4.81. The molecule has 0 fully saturated rings. The number of anilines is 1. The summed E-state index contributed by atoms with van der Waals surface area (Å²) in [6.45, 7) is 0. The molecule has 0 aliphatic rings. The second kappa shape index (κ2) is 8.00. The second-order valence-corrected chi connectivity index (χ2v) is 7.04. The molecule has 7 heteroatoms. The van der Waals surface area contributed by atoms with Crippen molar-refractivity contribution in [2.75, 3.05) is 19.5 Å². The average molecular weight is 420 g/mol. The van der Waals surface area contributed by atoms with Crippen molar-refractivity contribution < 1.29 is 14.6 Å². The molecular formula is C23H18ClN3O3. The van der Waals surface area contributed by atoms with Crippen LogP contribution in [0.5, 0.6) is 5.75 Å². The minimum Gasteiger partial charge on any atom is -0.494 e. The van der Waals surface area contributed by atoms with Crippen LogP contribution in [-0.2, 0) is 0 Å². The highest BCUT2D eigenvalue weighted by molar-refractivity contribution is 6.31. The van der Waals surface area contributed by atoms with Gasteiger partial charge in [0, 0.05) is 29.2 Å². The van der Waals surface area contributed by atoms with Crippen LogP contribution in [0.4, 0.5) is 5.95 Å². The zero-order chi connectivity index (χ0) is 21.3. The van der Waals surface area contributed by atoms with Gasteiger partial charge in [-0.25, -0.2) is 14.8 Å². The van der Waals surface area contributed by atoms with Gasteiger partial charge in [-0.2, -0.15) is 0 Å². The number of nitrogens with one attached hydrogen (secondary N) is 1. The molecule has 0 spiro atoms. The predicted molar refractivity (Wildman–Crippen MR) is 118 cm³/mol. The summed E-state index contributed by atoms with van der Waals surface area (Å²) in [4.78, 5) is 20.5. The van der Waals surface area contributed by atoms with Gasteiger partial charge >= 0.3 is 5.97 Å². The first-order valence-corrected chi connectivity index (χ1v) is 9.54. The van der Waals surface area contributed by atoms with Crippen molar-refractivity contribution in [2.24, 2.45) is 0 Å². The van der Waals surface area contributed by atoms with Crippen molar-refractivity contribution in [1.29, 1.82) is 0 Å². The van der Waals surface area contributed by atoms with Crippen LogP contribution in [0.3, 0.4) is 0 Å². The Morgan fingerprint density at radius 2 is 1.80 bits per heavy atom. The lowest BCUT2D eigenvalue weighted by Gasteiger charge is -2.16. The summed E-state index contributed by atoms with van der Waals surface area (Å²) in [5, 5.41) is 13.8. The maximum atomic E-state index is 11.5. The van der Waals surface area contributed by atoms with Gasteiger partial charge in [0.15, 0.2) is 5.75 Å². The number of ether oxygens (including phenoxy) is 1. The lowest BCUT2D eigenvalue weighted by atomic mass is 9.94. The molecule has 4 rings (SSSR count). The summed E-state index contributed by atoms with van der Waals surface area (Å²) in [6, 6.07) is 16.2. The van der Waals surface area contributed by atoms with E-state index in [1.54, 1.807) is 38.6 Å². The Labute approximate surface area is 178 Å². The van der Waals surface area contributed by atoms with Gasteiger partial charge in [-0.15, -0.1) is 0 Å². The van der Waals surface area contributed by atoms with Crippen molar-refractivity contribution >= 4 is 34.4 Å². The Kier molecular flexibility index (Phi) is 5.25. The number of carboxylic acids is 1. The molecule has 0 unspecified atom stereocenters. The Bertz CT molecular complexity index is 1270. The number of hydrogen-bond donors (Lipinski definition) is 2. The quantitative estimate of drug-likeness (QED) is 0.452. The molecular weight excluding hydrogens is 402 g/mol. The summed E-state index contributed by atoms with van der Waals surface area (Å²) in [6.07, 6.45) is 1.74. The number of fused-ring (bicyclic) bond motifs is 1. The number of hydrogen-bond acceptors (Lipinski definition) is 5. The Hall–Kier alpha value is -3.64. The summed E-state index contributed by atoms with van der Waals surface area (Å²) >= 11 is 6.23. The van der Waals surface area contributed by atoms with E-state index in [-0.39, 0.29) is 5.56 Å². The van der Waals surface area contributed by atoms with Gasteiger partial charge in [-0.1, -0.05) is 35.9 Å². The maximum absolute atomic E-state index is 11.5. The number of halogens is 1. The van der Waals surface area contributed by atoms with Crippen molar-refractivity contribution in [3.8, 4) is 28.0 Å². The van der Waals surface area contributed by atoms with Crippen LogP contribution in [0.1, 0.15) is 10.4 Å². The van der Waals surface area contributed by atoms with Gasteiger partial charge in [0.1, 0.15) is 5.52 Å². The normalized spacial score (nSPS) is 10.8. The molecule has 0 radical (unpaired) electrons. The number of carboxylic acid groups (broad SMARTS) is 1. The van der Waals surface area contributed by atoms with Crippen LogP contribution >= 0.6 is 11.6 Å². The first-order chi connectivity index (χ1) is 14.5. The Balaban J connectivity index is 2.09. The molecule has 0 saturated carbocycles. The van der Waals surface area contributed by atoms with Gasteiger partial charge in [-0.05, 0) is 47.0 Å². The largest absolute Gasteiger partial charge is 0.494 e. The van der Waals surface area contributed by atoms with Crippen LogP contribution in [0.2, 0.25) is 5.02 Å². The monoisotopic (exact) mass is 419 g/mol. The number of benzene rings is 3. The van der Waals surface area contributed by atoms with E-state index < -0.39 is 5.97 Å². The van der Waals surface area contributed by atoms with E-state index in [2.05, 4.69) is 15.3 Å². The molecule has 0 amide bonds. The third kappa shape index (κ3) is 3.53. The molecule has 3 aromatic carbocycles. The fourth-order valence-corrected chi connectivity index (χ4v) is 3.61. The minimum atomic E-state index is -0.994. The van der Waals surface area contributed by atoms with Crippen molar-refractivity contribution in [3.05, 3.63) is 71.4 Å². The molecule has 1 aromatic heterocycles. The topological polar surface area (TPSA) is 84.3 Å². The van der Waals surface area contributed by atoms with E-state index in [0.717, 1.165) is 22.1 Å². The molecule has 1 heterocycles. The number of rotatable bonds is 5. The van der Waals surface area contributed by atoms with E-state index in [4.69, 9.17) is 16.3 Å². The number of aromatic carboxylic acids is 1. The Morgan fingerprint density at radius 3 is 2.47 bits per heavy atom. The molecule has 0 saturated heterocycles. The van der Waals surface area contributed by atoms with Crippen molar-refractivity contribution in [1.82, 2.24) is 9.97 Å². The van der Waals surface area contributed by atoms with E-state index in [1.165, 1.54) is 0 Å². The minimum absolute atomic E-state index is 0.192. The first kappa shape index (κ1) is 19.7. The predicted octanol–water partition coefficient (Wildman–Crippen LogP) is 5.37. The highest BCUT2D eigenvalue weighted by Crippen LogP contribution is 2.42. The number of aromatic nitrogens is 2. The number of methoxy groups -OCH3 is 1. The number of nitrogens with zero attached hydrogens (tertiary/aromatic N) is 2. The van der Waals surface area contributed by atoms with Crippen LogP contribution in [0.25, 0.3) is 33.2 Å². The summed E-state index contributed by atoms with van der Waals surface area (Å²) in [5.41, 5.74) is 4.01. The zero-order valence-electron chi connectivity index (χ0n) is 16.3. The van der Waals surface area contributed by atoms with Gasteiger partial charge < -0.3 is 15.2 Å². The smallest absolute Gasteiger partial charge is 0.335 e. The fourth-order valence-electron chi connectivity index (χ4n) is 3.42. The van der Waals surface area contributed by atoms with Gasteiger partial charge in [0.05, 0.1) is 12.7 Å². The van der Waals surface area contributed by atoms with E-state index in [9.17, 15) is 9.90 Å². The molecule has 0 bridgehead atoms. The van der Waals surface area contributed by atoms with Gasteiger partial charge in [-0.3, -0.25) is 0 Å². The maximum Gasteiger partial charge on any atom is 0.335 e. The van der Waals surface area contributed by atoms with Crippen molar-refractivity contribution in [2.45, 2.75) is 0 Å². The van der Waals surface area contributed by atoms with Gasteiger partial charge in [0.25, 0.3) is 0 Å². The molecule has 30 heavy (non-hydrogen) atoms. The SMILES string of the molecule is CNc1ncc2c(-c3cccc(Cl)c3)cc(-c3cccc(C(=O)O)c3)c(OC)c2n1. The van der Waals surface area contributed by atoms with Gasteiger partial charge in [0.2, 0.25) is 5.95 Å². The van der Waals surface area contributed by atoms with E-state index >= 15 is 0 Å². The van der Waals surface area contributed by atoms with E-state index in [1.807, 2.05) is 36.4 Å². The zero-order valence-corrected chi connectivity index (χ0v) is 17.1. The van der Waals surface area contributed by atoms with Crippen molar-refractivity contribution in [3.63, 3.8) is 0 Å². The third-order valence-corrected chi connectivity index (χ3v) is 5.05. The van der Waals surface area contributed by atoms with Crippen LogP contribution in [0, 0.1) is 0 Å². The van der Waals surface area contributed by atoms with Crippen LogP contribution in [-0.4, -0.2) is 35.2 Å². The number of carbonyl (C=O) groups is 1.